The summed E-state index contributed by atoms with van der Waals surface area (Å²) >= 11 is 0. The molecular weight excluding hydrogens is 725 g/mol. The van der Waals surface area contributed by atoms with E-state index in [1.165, 1.54) is 211 Å². The quantitative estimate of drug-likeness (QED) is 0.0381. The highest BCUT2D eigenvalue weighted by atomic mass is 14.5. The molecule has 0 amide bonds. The highest BCUT2D eigenvalue weighted by molar-refractivity contribution is 5.50. The predicted molar refractivity (Wildman–Crippen MR) is 267 cm³/mol. The average Bonchev–Trinajstić information content (AvgIpc) is 3.25. The summed E-state index contributed by atoms with van der Waals surface area (Å²) in [6.45, 7) is 11.4. The van der Waals surface area contributed by atoms with E-state index in [1.54, 1.807) is 0 Å². The highest BCUT2D eigenvalue weighted by Gasteiger charge is 2.21. The van der Waals surface area contributed by atoms with Gasteiger partial charge in [-0.25, -0.2) is 0 Å². The van der Waals surface area contributed by atoms with Crippen LogP contribution in [0.5, 0.6) is 0 Å². The maximum Gasteiger partial charge on any atom is 0.0316 e. The van der Waals surface area contributed by atoms with Crippen molar-refractivity contribution >= 4 is 11.4 Å². The van der Waals surface area contributed by atoms with Gasteiger partial charge in [-0.15, -0.1) is 0 Å². The van der Waals surface area contributed by atoms with E-state index in [-0.39, 0.29) is 0 Å². The molecule has 0 aromatic heterocycles. The minimum atomic E-state index is 0.399. The van der Waals surface area contributed by atoms with Gasteiger partial charge >= 0.3 is 0 Å². The van der Waals surface area contributed by atoms with E-state index >= 15 is 0 Å². The first kappa shape index (κ1) is 49.1. The zero-order chi connectivity index (χ0) is 42.8. The van der Waals surface area contributed by atoms with E-state index in [4.69, 9.17) is 11.5 Å². The molecule has 4 aromatic carbocycles. The Hall–Kier alpha value is -3.52. The Morgan fingerprint density at radius 1 is 0.317 bits per heavy atom. The maximum absolute atomic E-state index is 6.26. The van der Waals surface area contributed by atoms with Crippen molar-refractivity contribution in [3.63, 3.8) is 0 Å². The van der Waals surface area contributed by atoms with Gasteiger partial charge in [-0.05, 0) is 102 Å². The van der Waals surface area contributed by atoms with E-state index in [0.29, 0.717) is 17.8 Å². The molecule has 4 aromatic rings. The average molecular weight is 813 g/mol. The van der Waals surface area contributed by atoms with Crippen molar-refractivity contribution in [2.45, 2.75) is 219 Å². The molecule has 0 aliphatic heterocycles. The van der Waals surface area contributed by atoms with E-state index < -0.39 is 0 Å². The Labute approximate surface area is 370 Å². The first-order valence-electron chi connectivity index (χ1n) is 25.3. The second-order valence-corrected chi connectivity index (χ2v) is 18.7. The molecule has 0 heterocycles. The number of nitrogens with two attached hydrogens (primary N) is 2. The van der Waals surface area contributed by atoms with Crippen molar-refractivity contribution in [2.75, 3.05) is 11.5 Å². The van der Waals surface area contributed by atoms with Crippen LogP contribution in [0.25, 0.3) is 0 Å². The number of hydrogen-bond acceptors (Lipinski definition) is 2. The van der Waals surface area contributed by atoms with E-state index in [2.05, 4.69) is 120 Å². The Kier molecular flexibility index (Phi) is 23.7. The van der Waals surface area contributed by atoms with E-state index in [0.717, 1.165) is 11.4 Å². The Balaban J connectivity index is 1.52. The molecule has 0 saturated carbocycles. The van der Waals surface area contributed by atoms with Crippen LogP contribution in [0.2, 0.25) is 0 Å². The SMILES string of the molecule is CCCCCCCCCCCC(c1ccc(C(CCCCCCC)c2ccc(C(CCCCCCCCCCC)c3ccc(N)cc3C)cc2)cc1)c1ccc(N)cc1C. The van der Waals surface area contributed by atoms with Crippen LogP contribution in [0.4, 0.5) is 11.4 Å². The molecule has 2 unspecified atom stereocenters. The minimum absolute atomic E-state index is 0.399. The number of benzene rings is 4. The van der Waals surface area contributed by atoms with Crippen molar-refractivity contribution in [1.82, 2.24) is 0 Å². The predicted octanol–water partition coefficient (Wildman–Crippen LogP) is 18.1. The molecule has 0 aliphatic carbocycles. The van der Waals surface area contributed by atoms with Crippen LogP contribution in [0.15, 0.2) is 84.9 Å². The number of unbranched alkanes of at least 4 members (excludes halogenated alkanes) is 20. The highest BCUT2D eigenvalue weighted by Crippen LogP contribution is 2.38. The second-order valence-electron chi connectivity index (χ2n) is 18.7. The molecule has 0 spiro atoms. The molecule has 0 saturated heterocycles. The molecule has 2 heteroatoms. The van der Waals surface area contributed by atoms with Crippen molar-refractivity contribution in [3.8, 4) is 0 Å². The summed E-state index contributed by atoms with van der Waals surface area (Å²) in [7, 11) is 0. The molecule has 0 bridgehead atoms. The van der Waals surface area contributed by atoms with Crippen molar-refractivity contribution in [1.29, 1.82) is 0 Å². The van der Waals surface area contributed by atoms with Crippen LogP contribution in [-0.2, 0) is 0 Å². The lowest BCUT2D eigenvalue weighted by atomic mass is 9.80. The normalized spacial score (nSPS) is 13.1. The van der Waals surface area contributed by atoms with Crippen LogP contribution in [0.3, 0.4) is 0 Å². The summed E-state index contributed by atoms with van der Waals surface area (Å²) in [6.07, 6.45) is 34.6. The van der Waals surface area contributed by atoms with Crippen molar-refractivity contribution < 1.29 is 0 Å². The van der Waals surface area contributed by atoms with Crippen LogP contribution in [0.1, 0.15) is 250 Å². The van der Waals surface area contributed by atoms with Gasteiger partial charge in [0.05, 0.1) is 0 Å². The molecule has 330 valence electrons. The van der Waals surface area contributed by atoms with Crippen LogP contribution in [-0.4, -0.2) is 0 Å². The number of nitrogen functional groups attached to an aromatic ring is 2. The van der Waals surface area contributed by atoms with Crippen LogP contribution >= 0.6 is 0 Å². The molecule has 4 rings (SSSR count). The largest absolute Gasteiger partial charge is 0.399 e. The minimum Gasteiger partial charge on any atom is -0.399 e. The van der Waals surface area contributed by atoms with Gasteiger partial charge in [0.15, 0.2) is 0 Å². The zero-order valence-corrected chi connectivity index (χ0v) is 39.4. The summed E-state index contributed by atoms with van der Waals surface area (Å²) < 4.78 is 0. The molecule has 4 N–H and O–H groups in total. The Morgan fingerprint density at radius 3 is 0.850 bits per heavy atom. The third-order valence-corrected chi connectivity index (χ3v) is 13.6. The standard InChI is InChI=1S/C58H88N2/c1-6-9-12-15-17-19-21-24-27-30-57(54-42-40-52(59)44-46(54)4)50-36-32-48(33-37-50)56(29-26-23-14-11-8-3)49-34-38-51(39-35-49)58(55-43-41-53(60)45-47(55)5)31-28-25-22-20-18-16-13-10-7-2/h32-45,56-58H,6-31,59-60H2,1-5H3. The first-order valence-corrected chi connectivity index (χ1v) is 25.3. The van der Waals surface area contributed by atoms with Gasteiger partial charge in [0, 0.05) is 29.1 Å². The lowest BCUT2D eigenvalue weighted by molar-refractivity contribution is 0.544. The second kappa shape index (κ2) is 28.9. The van der Waals surface area contributed by atoms with Gasteiger partial charge in [0.25, 0.3) is 0 Å². The van der Waals surface area contributed by atoms with Crippen LogP contribution in [0, 0.1) is 13.8 Å². The molecular formula is C58H88N2. The monoisotopic (exact) mass is 813 g/mol. The fourth-order valence-corrected chi connectivity index (χ4v) is 9.90. The number of anilines is 2. The van der Waals surface area contributed by atoms with Gasteiger partial charge in [0.1, 0.15) is 0 Å². The summed E-state index contributed by atoms with van der Waals surface area (Å²) in [4.78, 5) is 0. The molecule has 0 radical (unpaired) electrons. The lowest BCUT2D eigenvalue weighted by Gasteiger charge is -2.24. The summed E-state index contributed by atoms with van der Waals surface area (Å²) in [5.41, 5.74) is 25.5. The van der Waals surface area contributed by atoms with Gasteiger partial charge in [0.2, 0.25) is 0 Å². The Bertz CT molecular complexity index is 1580. The molecule has 0 fully saturated rings. The zero-order valence-electron chi connectivity index (χ0n) is 39.4. The molecule has 60 heavy (non-hydrogen) atoms. The van der Waals surface area contributed by atoms with E-state index in [9.17, 15) is 0 Å². The lowest BCUT2D eigenvalue weighted by Crippen LogP contribution is -2.07. The van der Waals surface area contributed by atoms with Crippen molar-refractivity contribution in [3.05, 3.63) is 129 Å². The summed E-state index contributed by atoms with van der Waals surface area (Å²) in [5.74, 6) is 1.20. The molecule has 2 nitrogen and oxygen atoms in total. The fraction of sp³-hybridized carbons (Fsp3) is 0.586. The molecule has 0 aliphatic rings. The maximum atomic E-state index is 6.26. The smallest absolute Gasteiger partial charge is 0.0316 e. The summed E-state index contributed by atoms with van der Waals surface area (Å²) in [6, 6.07) is 32.9. The third kappa shape index (κ3) is 17.1. The topological polar surface area (TPSA) is 52.0 Å². The van der Waals surface area contributed by atoms with Gasteiger partial charge < -0.3 is 11.5 Å². The number of hydrogen-bond donors (Lipinski definition) is 2. The Morgan fingerprint density at radius 2 is 0.567 bits per heavy atom. The van der Waals surface area contributed by atoms with Gasteiger partial charge in [-0.3, -0.25) is 0 Å². The third-order valence-electron chi connectivity index (χ3n) is 13.6. The summed E-state index contributed by atoms with van der Waals surface area (Å²) in [5, 5.41) is 0. The van der Waals surface area contributed by atoms with Crippen molar-refractivity contribution in [2.24, 2.45) is 0 Å². The molecule has 2 atom stereocenters. The number of aryl methyl sites for hydroxylation is 2. The fourth-order valence-electron chi connectivity index (χ4n) is 9.90. The van der Waals surface area contributed by atoms with Gasteiger partial charge in [-0.1, -0.05) is 229 Å². The first-order chi connectivity index (χ1) is 29.4. The van der Waals surface area contributed by atoms with E-state index in [1.807, 2.05) is 0 Å². The van der Waals surface area contributed by atoms with Gasteiger partial charge in [-0.2, -0.15) is 0 Å². The number of rotatable bonds is 32. The van der Waals surface area contributed by atoms with Crippen LogP contribution < -0.4 is 11.5 Å².